The van der Waals surface area contributed by atoms with Gasteiger partial charge in [-0.1, -0.05) is 18.5 Å². The monoisotopic (exact) mass is 400 g/mol. The van der Waals surface area contributed by atoms with E-state index in [0.29, 0.717) is 0 Å². The molecule has 8 nitrogen and oxygen atoms in total. The Kier molecular flexibility index (Phi) is 6.84. The molecular formula is C17H18ClFN2O6. The Morgan fingerprint density at radius 1 is 1.44 bits per heavy atom. The molecule has 0 saturated heterocycles. The number of rotatable bonds is 7. The summed E-state index contributed by atoms with van der Waals surface area (Å²) in [6.45, 7) is 0.736. The first-order valence-electron chi connectivity index (χ1n) is 8.22. The molecule has 1 aromatic carbocycles. The van der Waals surface area contributed by atoms with E-state index in [4.69, 9.17) is 16.3 Å². The van der Waals surface area contributed by atoms with E-state index in [-0.39, 0.29) is 35.3 Å². The van der Waals surface area contributed by atoms with Gasteiger partial charge >= 0.3 is 5.97 Å². The fourth-order valence-corrected chi connectivity index (χ4v) is 3.34. The van der Waals surface area contributed by atoms with Gasteiger partial charge in [0.15, 0.2) is 6.61 Å². The van der Waals surface area contributed by atoms with Crippen molar-refractivity contribution in [2.24, 2.45) is 17.8 Å². The molecule has 0 radical (unpaired) electrons. The van der Waals surface area contributed by atoms with Gasteiger partial charge in [-0.05, 0) is 24.1 Å². The minimum atomic E-state index is -0.789. The van der Waals surface area contributed by atoms with Gasteiger partial charge < -0.3 is 10.1 Å². The molecule has 0 spiro atoms. The summed E-state index contributed by atoms with van der Waals surface area (Å²) < 4.78 is 17.9. The number of nitro groups is 1. The van der Waals surface area contributed by atoms with E-state index in [0.717, 1.165) is 6.07 Å². The molecule has 0 aliphatic heterocycles. The maximum Gasteiger partial charge on any atom is 0.307 e. The molecule has 1 fully saturated rings. The summed E-state index contributed by atoms with van der Waals surface area (Å²) in [7, 11) is 0. The predicted octanol–water partition coefficient (Wildman–Crippen LogP) is 2.47. The van der Waals surface area contributed by atoms with Crippen molar-refractivity contribution < 1.29 is 28.4 Å². The second kappa shape index (κ2) is 8.90. The Balaban J connectivity index is 1.85. The van der Waals surface area contributed by atoms with Crippen LogP contribution in [0.1, 0.15) is 19.8 Å². The van der Waals surface area contributed by atoms with Crippen LogP contribution in [0.4, 0.5) is 10.1 Å². The van der Waals surface area contributed by atoms with Crippen molar-refractivity contribution >= 4 is 34.9 Å². The summed E-state index contributed by atoms with van der Waals surface area (Å²) in [5, 5.41) is 13.0. The average molecular weight is 401 g/mol. The van der Waals surface area contributed by atoms with Crippen LogP contribution in [0.2, 0.25) is 5.02 Å². The molecule has 10 heteroatoms. The van der Waals surface area contributed by atoms with Gasteiger partial charge in [0.2, 0.25) is 6.54 Å². The molecule has 2 rings (SSSR count). The van der Waals surface area contributed by atoms with E-state index in [1.54, 1.807) is 6.92 Å². The van der Waals surface area contributed by atoms with E-state index >= 15 is 0 Å². The number of halogens is 2. The van der Waals surface area contributed by atoms with Crippen molar-refractivity contribution in [3.05, 3.63) is 39.2 Å². The van der Waals surface area contributed by atoms with Gasteiger partial charge in [0.1, 0.15) is 11.6 Å². The van der Waals surface area contributed by atoms with Crippen molar-refractivity contribution in [2.75, 3.05) is 18.5 Å². The minimum Gasteiger partial charge on any atom is -0.456 e. The zero-order chi connectivity index (χ0) is 20.1. The molecular weight excluding hydrogens is 383 g/mol. The molecule has 1 N–H and O–H groups in total. The predicted molar refractivity (Wildman–Crippen MR) is 93.2 cm³/mol. The molecule has 0 unspecified atom stereocenters. The lowest BCUT2D eigenvalue weighted by atomic mass is 9.88. The molecule has 27 heavy (non-hydrogen) atoms. The maximum absolute atomic E-state index is 13.1. The second-order valence-electron chi connectivity index (χ2n) is 6.48. The molecule has 1 amide bonds. The van der Waals surface area contributed by atoms with Crippen LogP contribution >= 0.6 is 11.6 Å². The standard InChI is InChI=1S/C17H18ClFN2O6/c1-9-4-15(22)11(12(9)7-21(25)26)6-17(24)27-8-16(23)20-10-2-3-14(19)13(18)5-10/h2-3,5,9,11-12H,4,6-8H2,1H3,(H,20,23)/t9-,11-,12-/m1/s1. The number of ketones is 1. The number of hydrogen-bond acceptors (Lipinski definition) is 6. The number of nitrogens with one attached hydrogen (secondary N) is 1. The maximum atomic E-state index is 13.1. The number of amides is 1. The molecule has 1 aliphatic rings. The Labute approximate surface area is 159 Å². The van der Waals surface area contributed by atoms with E-state index in [1.807, 2.05) is 0 Å². The largest absolute Gasteiger partial charge is 0.456 e. The Hall–Kier alpha value is -2.55. The Bertz CT molecular complexity index is 772. The third-order valence-electron chi connectivity index (χ3n) is 4.50. The number of Topliss-reactive ketones (excluding diaryl/α,β-unsaturated/α-hetero) is 1. The smallest absolute Gasteiger partial charge is 0.307 e. The second-order valence-corrected chi connectivity index (χ2v) is 6.88. The van der Waals surface area contributed by atoms with Crippen LogP contribution in [0.5, 0.6) is 0 Å². The van der Waals surface area contributed by atoms with Crippen LogP contribution in [0.15, 0.2) is 18.2 Å². The molecule has 0 aromatic heterocycles. The summed E-state index contributed by atoms with van der Waals surface area (Å²) in [6.07, 6.45) is -0.125. The fourth-order valence-electron chi connectivity index (χ4n) is 3.16. The highest BCUT2D eigenvalue weighted by atomic mass is 35.5. The van der Waals surface area contributed by atoms with Gasteiger partial charge in [-0.2, -0.15) is 0 Å². The summed E-state index contributed by atoms with van der Waals surface area (Å²) in [5.41, 5.74) is 0.230. The van der Waals surface area contributed by atoms with Crippen molar-refractivity contribution in [2.45, 2.75) is 19.8 Å². The number of nitrogens with zero attached hydrogens (tertiary/aromatic N) is 1. The number of carbonyl (C=O) groups excluding carboxylic acids is 3. The van der Waals surface area contributed by atoms with Gasteiger partial charge in [-0.3, -0.25) is 24.5 Å². The summed E-state index contributed by atoms with van der Waals surface area (Å²) >= 11 is 5.60. The van der Waals surface area contributed by atoms with E-state index in [9.17, 15) is 28.9 Å². The third kappa shape index (κ3) is 5.72. The van der Waals surface area contributed by atoms with Crippen LogP contribution in [0, 0.1) is 33.7 Å². The number of carbonyl (C=O) groups is 3. The lowest BCUT2D eigenvalue weighted by Crippen LogP contribution is -2.28. The third-order valence-corrected chi connectivity index (χ3v) is 4.79. The lowest BCUT2D eigenvalue weighted by molar-refractivity contribution is -0.490. The van der Waals surface area contributed by atoms with Crippen molar-refractivity contribution in [3.8, 4) is 0 Å². The first-order valence-corrected chi connectivity index (χ1v) is 8.60. The molecule has 3 atom stereocenters. The average Bonchev–Trinajstić information content (AvgIpc) is 2.83. The molecule has 146 valence electrons. The summed E-state index contributed by atoms with van der Waals surface area (Å²) in [4.78, 5) is 46.0. The van der Waals surface area contributed by atoms with Crippen LogP contribution in [0.25, 0.3) is 0 Å². The first kappa shape index (κ1) is 20.8. The van der Waals surface area contributed by atoms with Crippen LogP contribution in [-0.4, -0.2) is 35.7 Å². The SMILES string of the molecule is C[C@@H]1CC(=O)[C@H](CC(=O)OCC(=O)Nc2ccc(F)c(Cl)c2)[C@@H]1C[N+](=O)[O-]. The quantitative estimate of drug-likeness (QED) is 0.427. The number of esters is 1. The van der Waals surface area contributed by atoms with Gasteiger partial charge in [-0.15, -0.1) is 0 Å². The summed E-state index contributed by atoms with van der Waals surface area (Å²) in [6, 6.07) is 3.57. The summed E-state index contributed by atoms with van der Waals surface area (Å²) in [5.74, 6) is -3.81. The number of anilines is 1. The number of benzene rings is 1. The van der Waals surface area contributed by atoms with Crippen molar-refractivity contribution in [1.82, 2.24) is 0 Å². The zero-order valence-corrected chi connectivity index (χ0v) is 15.2. The Morgan fingerprint density at radius 2 is 2.15 bits per heavy atom. The normalized spacial score (nSPS) is 21.7. The van der Waals surface area contributed by atoms with Gasteiger partial charge in [0, 0.05) is 28.9 Å². The van der Waals surface area contributed by atoms with E-state index in [2.05, 4.69) is 5.32 Å². The molecule has 0 bridgehead atoms. The Morgan fingerprint density at radius 3 is 2.78 bits per heavy atom. The highest BCUT2D eigenvalue weighted by Crippen LogP contribution is 2.36. The van der Waals surface area contributed by atoms with Crippen LogP contribution in [0.3, 0.4) is 0 Å². The van der Waals surface area contributed by atoms with Crippen LogP contribution < -0.4 is 5.32 Å². The molecule has 1 saturated carbocycles. The van der Waals surface area contributed by atoms with Crippen molar-refractivity contribution in [1.29, 1.82) is 0 Å². The van der Waals surface area contributed by atoms with Gasteiger partial charge in [-0.25, -0.2) is 4.39 Å². The topological polar surface area (TPSA) is 116 Å². The van der Waals surface area contributed by atoms with Gasteiger partial charge in [0.05, 0.1) is 11.4 Å². The minimum absolute atomic E-state index is 0.171. The van der Waals surface area contributed by atoms with Gasteiger partial charge in [0.25, 0.3) is 5.91 Å². The van der Waals surface area contributed by atoms with Crippen molar-refractivity contribution in [3.63, 3.8) is 0 Å². The highest BCUT2D eigenvalue weighted by molar-refractivity contribution is 6.31. The fraction of sp³-hybridized carbons (Fsp3) is 0.471. The van der Waals surface area contributed by atoms with E-state index < -0.39 is 47.6 Å². The molecule has 1 aliphatic carbocycles. The van der Waals surface area contributed by atoms with Crippen LogP contribution in [-0.2, 0) is 19.1 Å². The number of hydrogen-bond donors (Lipinski definition) is 1. The van der Waals surface area contributed by atoms with E-state index in [1.165, 1.54) is 12.1 Å². The number of ether oxygens (including phenoxy) is 1. The lowest BCUT2D eigenvalue weighted by Gasteiger charge is -2.17. The first-order chi connectivity index (χ1) is 12.7. The molecule has 1 aromatic rings. The molecule has 0 heterocycles. The zero-order valence-electron chi connectivity index (χ0n) is 14.4. The highest BCUT2D eigenvalue weighted by Gasteiger charge is 2.44.